The lowest BCUT2D eigenvalue weighted by Gasteiger charge is -2.35. The standard InChI is InChI=1S/C24H24N2O4S/c1-30-21-11-13-22(14-12-21)31(28,29)26-17-20-10-6-5-9-19(20)15-23(26)24(27)25-16-18-7-3-2-4-8-18/h2-14,23H,15-17H2,1H3,(H,25,27)/t23-/m1/s1. The predicted molar refractivity (Wildman–Crippen MR) is 118 cm³/mol. The summed E-state index contributed by atoms with van der Waals surface area (Å²) in [5.74, 6) is 0.260. The number of nitrogens with zero attached hydrogens (tertiary/aromatic N) is 1. The number of benzene rings is 3. The van der Waals surface area contributed by atoms with Crippen LogP contribution in [0.5, 0.6) is 5.75 Å². The van der Waals surface area contributed by atoms with Crippen LogP contribution < -0.4 is 10.1 Å². The van der Waals surface area contributed by atoms with Gasteiger partial charge in [-0.15, -0.1) is 0 Å². The Balaban J connectivity index is 1.64. The van der Waals surface area contributed by atoms with Gasteiger partial charge in [-0.1, -0.05) is 54.6 Å². The second-order valence-corrected chi connectivity index (χ2v) is 9.31. The van der Waals surface area contributed by atoms with Crippen LogP contribution in [0.25, 0.3) is 0 Å². The molecule has 160 valence electrons. The SMILES string of the molecule is COc1ccc(S(=O)(=O)N2Cc3ccccc3C[C@@H]2C(=O)NCc2ccccc2)cc1. The first-order chi connectivity index (χ1) is 15.0. The van der Waals surface area contributed by atoms with E-state index >= 15 is 0 Å². The first-order valence-electron chi connectivity index (χ1n) is 10.0. The highest BCUT2D eigenvalue weighted by Gasteiger charge is 2.39. The molecule has 1 atom stereocenters. The molecule has 1 N–H and O–H groups in total. The second-order valence-electron chi connectivity index (χ2n) is 7.42. The van der Waals surface area contributed by atoms with Gasteiger partial charge in [0, 0.05) is 13.1 Å². The van der Waals surface area contributed by atoms with E-state index in [2.05, 4.69) is 5.32 Å². The van der Waals surface area contributed by atoms with Crippen LogP contribution in [0.2, 0.25) is 0 Å². The Kier molecular flexibility index (Phi) is 6.06. The summed E-state index contributed by atoms with van der Waals surface area (Å²) < 4.78 is 33.4. The Hall–Kier alpha value is -3.16. The van der Waals surface area contributed by atoms with E-state index in [-0.39, 0.29) is 17.3 Å². The van der Waals surface area contributed by atoms with E-state index in [1.807, 2.05) is 54.6 Å². The Bertz CT molecular complexity index is 1160. The molecule has 0 saturated carbocycles. The van der Waals surface area contributed by atoms with E-state index in [0.29, 0.717) is 18.7 Å². The van der Waals surface area contributed by atoms with Crippen molar-refractivity contribution >= 4 is 15.9 Å². The van der Waals surface area contributed by atoms with E-state index in [0.717, 1.165) is 16.7 Å². The zero-order valence-electron chi connectivity index (χ0n) is 17.2. The van der Waals surface area contributed by atoms with Crippen molar-refractivity contribution in [3.8, 4) is 5.75 Å². The number of methoxy groups -OCH3 is 1. The molecule has 0 aliphatic carbocycles. The van der Waals surface area contributed by atoms with Crippen LogP contribution in [0, 0.1) is 0 Å². The molecule has 0 bridgehead atoms. The Labute approximate surface area is 182 Å². The van der Waals surface area contributed by atoms with Gasteiger partial charge in [0.1, 0.15) is 11.8 Å². The predicted octanol–water partition coefficient (Wildman–Crippen LogP) is 3.13. The van der Waals surface area contributed by atoms with Gasteiger partial charge in [-0.3, -0.25) is 4.79 Å². The highest BCUT2D eigenvalue weighted by molar-refractivity contribution is 7.89. The Morgan fingerprint density at radius 2 is 1.61 bits per heavy atom. The maximum absolute atomic E-state index is 13.5. The van der Waals surface area contributed by atoms with Crippen LogP contribution in [-0.4, -0.2) is 31.8 Å². The molecule has 1 amide bonds. The minimum absolute atomic E-state index is 0.133. The van der Waals surface area contributed by atoms with E-state index in [1.165, 1.54) is 23.5 Å². The summed E-state index contributed by atoms with van der Waals surface area (Å²) in [5.41, 5.74) is 2.85. The summed E-state index contributed by atoms with van der Waals surface area (Å²) in [6, 6.07) is 22.6. The van der Waals surface area contributed by atoms with Crippen LogP contribution >= 0.6 is 0 Å². The van der Waals surface area contributed by atoms with E-state index in [9.17, 15) is 13.2 Å². The molecule has 0 unspecified atom stereocenters. The number of sulfonamides is 1. The summed E-state index contributed by atoms with van der Waals surface area (Å²) in [7, 11) is -2.36. The quantitative estimate of drug-likeness (QED) is 0.644. The molecule has 4 rings (SSSR count). The number of hydrogen-bond acceptors (Lipinski definition) is 4. The number of carbonyl (C=O) groups is 1. The van der Waals surface area contributed by atoms with Crippen molar-refractivity contribution in [1.29, 1.82) is 0 Å². The van der Waals surface area contributed by atoms with Gasteiger partial charge in [-0.05, 0) is 47.4 Å². The smallest absolute Gasteiger partial charge is 0.244 e. The minimum atomic E-state index is -3.89. The van der Waals surface area contributed by atoms with E-state index in [4.69, 9.17) is 4.74 Å². The average molecular weight is 437 g/mol. The molecule has 1 heterocycles. The molecule has 6 nitrogen and oxygen atoms in total. The molecule has 3 aromatic rings. The summed E-state index contributed by atoms with van der Waals surface area (Å²) in [6.07, 6.45) is 0.326. The van der Waals surface area contributed by atoms with Crippen molar-refractivity contribution < 1.29 is 17.9 Å². The fourth-order valence-electron chi connectivity index (χ4n) is 3.76. The van der Waals surface area contributed by atoms with Gasteiger partial charge in [0.25, 0.3) is 0 Å². The number of hydrogen-bond donors (Lipinski definition) is 1. The van der Waals surface area contributed by atoms with Crippen LogP contribution in [0.1, 0.15) is 16.7 Å². The second kappa shape index (κ2) is 8.91. The number of carbonyl (C=O) groups excluding carboxylic acids is 1. The summed E-state index contributed by atoms with van der Waals surface area (Å²) in [4.78, 5) is 13.3. The fraction of sp³-hybridized carbons (Fsp3) is 0.208. The third kappa shape index (κ3) is 4.47. The highest BCUT2D eigenvalue weighted by Crippen LogP contribution is 2.30. The fourth-order valence-corrected chi connectivity index (χ4v) is 5.33. The summed E-state index contributed by atoms with van der Waals surface area (Å²) >= 11 is 0. The molecule has 0 fully saturated rings. The lowest BCUT2D eigenvalue weighted by Crippen LogP contribution is -2.52. The van der Waals surface area contributed by atoms with Gasteiger partial charge in [0.05, 0.1) is 12.0 Å². The molecular formula is C24H24N2O4S. The van der Waals surface area contributed by atoms with Crippen LogP contribution in [0.3, 0.4) is 0 Å². The largest absolute Gasteiger partial charge is 0.497 e. The molecule has 3 aromatic carbocycles. The molecule has 0 radical (unpaired) electrons. The van der Waals surface area contributed by atoms with Crippen molar-refractivity contribution in [2.45, 2.75) is 30.4 Å². The molecule has 7 heteroatoms. The van der Waals surface area contributed by atoms with Gasteiger partial charge in [-0.2, -0.15) is 4.31 Å². The Morgan fingerprint density at radius 3 is 2.29 bits per heavy atom. The van der Waals surface area contributed by atoms with E-state index in [1.54, 1.807) is 12.1 Å². The minimum Gasteiger partial charge on any atom is -0.497 e. The van der Waals surface area contributed by atoms with Crippen LogP contribution in [-0.2, 0) is 34.3 Å². The number of fused-ring (bicyclic) bond motifs is 1. The number of ether oxygens (including phenoxy) is 1. The molecule has 0 spiro atoms. The van der Waals surface area contributed by atoms with Crippen molar-refractivity contribution in [2.24, 2.45) is 0 Å². The number of nitrogens with one attached hydrogen (secondary N) is 1. The van der Waals surface area contributed by atoms with Crippen LogP contribution in [0.4, 0.5) is 0 Å². The number of amides is 1. The lowest BCUT2D eigenvalue weighted by molar-refractivity contribution is -0.125. The zero-order valence-corrected chi connectivity index (χ0v) is 18.0. The average Bonchev–Trinajstić information content (AvgIpc) is 2.82. The van der Waals surface area contributed by atoms with Gasteiger partial charge in [0.2, 0.25) is 15.9 Å². The first kappa shape index (κ1) is 21.1. The van der Waals surface area contributed by atoms with Crippen molar-refractivity contribution in [2.75, 3.05) is 7.11 Å². The Morgan fingerprint density at radius 1 is 0.968 bits per heavy atom. The monoisotopic (exact) mass is 436 g/mol. The molecule has 31 heavy (non-hydrogen) atoms. The first-order valence-corrected chi connectivity index (χ1v) is 11.5. The number of rotatable bonds is 6. The van der Waals surface area contributed by atoms with Gasteiger partial charge < -0.3 is 10.1 Å². The normalized spacial score (nSPS) is 16.4. The van der Waals surface area contributed by atoms with Gasteiger partial charge in [-0.25, -0.2) is 8.42 Å². The van der Waals surface area contributed by atoms with Crippen molar-refractivity contribution in [3.63, 3.8) is 0 Å². The zero-order chi connectivity index (χ0) is 21.8. The summed E-state index contributed by atoms with van der Waals surface area (Å²) in [5, 5.41) is 2.91. The molecule has 1 aliphatic heterocycles. The topological polar surface area (TPSA) is 75.7 Å². The third-order valence-corrected chi connectivity index (χ3v) is 7.35. The van der Waals surface area contributed by atoms with Crippen LogP contribution in [0.15, 0.2) is 83.8 Å². The molecule has 0 aromatic heterocycles. The van der Waals surface area contributed by atoms with E-state index < -0.39 is 16.1 Å². The lowest BCUT2D eigenvalue weighted by atomic mass is 9.95. The third-order valence-electron chi connectivity index (χ3n) is 5.48. The molecule has 1 aliphatic rings. The summed E-state index contributed by atoms with van der Waals surface area (Å²) in [6.45, 7) is 0.488. The maximum atomic E-state index is 13.5. The highest BCUT2D eigenvalue weighted by atomic mass is 32.2. The van der Waals surface area contributed by atoms with Gasteiger partial charge >= 0.3 is 0 Å². The maximum Gasteiger partial charge on any atom is 0.244 e. The molecule has 0 saturated heterocycles. The molecular weight excluding hydrogens is 412 g/mol. The van der Waals surface area contributed by atoms with Crippen molar-refractivity contribution in [1.82, 2.24) is 9.62 Å². The van der Waals surface area contributed by atoms with Gasteiger partial charge in [0.15, 0.2) is 0 Å². The van der Waals surface area contributed by atoms with Crippen molar-refractivity contribution in [3.05, 3.63) is 95.6 Å².